The fourth-order valence-electron chi connectivity index (χ4n) is 0.635. The van der Waals surface area contributed by atoms with E-state index in [9.17, 15) is 8.78 Å². The van der Waals surface area contributed by atoms with E-state index in [0.29, 0.717) is 0 Å². The zero-order valence-electron chi connectivity index (χ0n) is 5.44. The van der Waals surface area contributed by atoms with Crippen molar-refractivity contribution in [1.82, 2.24) is 0 Å². The van der Waals surface area contributed by atoms with Crippen molar-refractivity contribution in [3.63, 3.8) is 0 Å². The van der Waals surface area contributed by atoms with Crippen molar-refractivity contribution in [2.24, 2.45) is 0 Å². The van der Waals surface area contributed by atoms with Gasteiger partial charge in [-0.2, -0.15) is 0 Å². The maximum absolute atomic E-state index is 12.5. The first-order valence-corrected chi connectivity index (χ1v) is 2.77. The summed E-state index contributed by atoms with van der Waals surface area (Å²) in [5.41, 5.74) is 4.32. The quantitative estimate of drug-likeness (QED) is 0.450. The topological polar surface area (TPSA) is 30.4 Å². The first-order valence-electron chi connectivity index (χ1n) is 2.77. The van der Waals surface area contributed by atoms with Crippen LogP contribution in [0, 0.1) is 18.2 Å². The molecule has 0 saturated heterocycles. The van der Waals surface area contributed by atoms with E-state index in [1.165, 1.54) is 0 Å². The van der Waals surface area contributed by atoms with Crippen LogP contribution in [-0.2, 0) is 0 Å². The first-order chi connectivity index (χ1) is 5.15. The van der Waals surface area contributed by atoms with Gasteiger partial charge in [0.2, 0.25) is 0 Å². The molecule has 0 spiro atoms. The van der Waals surface area contributed by atoms with E-state index in [0.717, 1.165) is 12.1 Å². The molecule has 0 atom stereocenters. The van der Waals surface area contributed by atoms with Gasteiger partial charge in [0.1, 0.15) is 17.3 Å². The van der Waals surface area contributed by atoms with Crippen LogP contribution in [0.3, 0.4) is 0 Å². The summed E-state index contributed by atoms with van der Waals surface area (Å²) in [5.74, 6) is -1.79. The third kappa shape index (κ3) is 1.27. The molecule has 0 aliphatic rings. The van der Waals surface area contributed by atoms with E-state index in [1.54, 1.807) is 0 Å². The highest BCUT2D eigenvalue weighted by molar-refractivity contribution is 5.54. The molecular formula is C7H4F2N2. The van der Waals surface area contributed by atoms with E-state index in [1.807, 2.05) is 0 Å². The maximum atomic E-state index is 12.5. The molecule has 4 heteroatoms. The second kappa shape index (κ2) is 2.54. The molecule has 2 N–H and O–H groups in total. The Morgan fingerprint density at radius 2 is 1.73 bits per heavy atom. The van der Waals surface area contributed by atoms with Gasteiger partial charge in [0.05, 0.1) is 6.57 Å². The Hall–Kier alpha value is -1.63. The predicted octanol–water partition coefficient (Wildman–Crippen LogP) is 2.10. The van der Waals surface area contributed by atoms with Crippen molar-refractivity contribution >= 4 is 11.4 Å². The molecule has 0 aliphatic carbocycles. The fourth-order valence-corrected chi connectivity index (χ4v) is 0.635. The van der Waals surface area contributed by atoms with Crippen LogP contribution >= 0.6 is 0 Å². The lowest BCUT2D eigenvalue weighted by molar-refractivity contribution is 0.593. The Kier molecular flexibility index (Phi) is 1.73. The summed E-state index contributed by atoms with van der Waals surface area (Å²) in [6.45, 7) is 6.46. The molecule has 11 heavy (non-hydrogen) atoms. The lowest BCUT2D eigenvalue weighted by atomic mass is 10.2. The first kappa shape index (κ1) is 7.48. The van der Waals surface area contributed by atoms with Gasteiger partial charge in [-0.25, -0.2) is 13.6 Å². The molecule has 0 saturated carbocycles. The minimum absolute atomic E-state index is 0.0887. The van der Waals surface area contributed by atoms with Crippen molar-refractivity contribution in [3.8, 4) is 0 Å². The highest BCUT2D eigenvalue weighted by Gasteiger charge is 2.06. The number of anilines is 1. The molecule has 0 amide bonds. The molecule has 0 heterocycles. The monoisotopic (exact) mass is 154 g/mol. The number of nitrogens with zero attached hydrogens (tertiary/aromatic N) is 1. The predicted molar refractivity (Wildman–Crippen MR) is 37.0 cm³/mol. The minimum Gasteiger partial charge on any atom is -0.394 e. The molecule has 0 aromatic heterocycles. The van der Waals surface area contributed by atoms with Crippen molar-refractivity contribution in [2.75, 3.05) is 5.73 Å². The van der Waals surface area contributed by atoms with Crippen LogP contribution in [0.2, 0.25) is 0 Å². The molecule has 56 valence electrons. The number of nitrogens with two attached hydrogens (primary N) is 1. The zero-order valence-corrected chi connectivity index (χ0v) is 5.44. The Morgan fingerprint density at radius 3 is 2.09 bits per heavy atom. The van der Waals surface area contributed by atoms with Crippen LogP contribution in [0.15, 0.2) is 12.1 Å². The summed E-state index contributed by atoms with van der Waals surface area (Å²) in [4.78, 5) is 2.85. The number of benzene rings is 1. The van der Waals surface area contributed by atoms with Crippen LogP contribution in [0.5, 0.6) is 0 Å². The van der Waals surface area contributed by atoms with E-state index in [2.05, 4.69) is 4.85 Å². The van der Waals surface area contributed by atoms with Crippen molar-refractivity contribution in [1.29, 1.82) is 0 Å². The molecule has 0 radical (unpaired) electrons. The molecule has 0 aliphatic heterocycles. The molecule has 1 rings (SSSR count). The summed E-state index contributed by atoms with van der Waals surface area (Å²) >= 11 is 0. The summed E-state index contributed by atoms with van der Waals surface area (Å²) in [6, 6.07) is 1.79. The molecule has 0 fully saturated rings. The summed E-state index contributed by atoms with van der Waals surface area (Å²) in [6.07, 6.45) is 0. The van der Waals surface area contributed by atoms with Crippen LogP contribution in [0.1, 0.15) is 0 Å². The van der Waals surface area contributed by atoms with Gasteiger partial charge in [0.15, 0.2) is 5.69 Å². The lowest BCUT2D eigenvalue weighted by Crippen LogP contribution is -1.93. The van der Waals surface area contributed by atoms with Crippen LogP contribution in [0.4, 0.5) is 20.2 Å². The SMILES string of the molecule is [C-]#[N+]c1cc(F)c(N)c(F)c1. The Balaban J connectivity index is 3.35. The van der Waals surface area contributed by atoms with Gasteiger partial charge in [-0.3, -0.25) is 0 Å². The standard InChI is InChI=1S/C7H4F2N2/c1-11-4-2-5(8)7(10)6(9)3-4/h2-3H,10H2. The Morgan fingerprint density at radius 1 is 1.27 bits per heavy atom. The summed E-state index contributed by atoms with van der Waals surface area (Å²) < 4.78 is 25.0. The fraction of sp³-hybridized carbons (Fsp3) is 0. The second-order valence-corrected chi connectivity index (χ2v) is 1.93. The number of hydrogen-bond acceptors (Lipinski definition) is 1. The smallest absolute Gasteiger partial charge is 0.193 e. The molecule has 2 nitrogen and oxygen atoms in total. The third-order valence-corrected chi connectivity index (χ3v) is 1.19. The van der Waals surface area contributed by atoms with Gasteiger partial charge < -0.3 is 5.73 Å². The van der Waals surface area contributed by atoms with Crippen LogP contribution < -0.4 is 5.73 Å². The second-order valence-electron chi connectivity index (χ2n) is 1.93. The van der Waals surface area contributed by atoms with E-state index in [4.69, 9.17) is 12.3 Å². The van der Waals surface area contributed by atoms with Crippen molar-refractivity contribution in [3.05, 3.63) is 35.2 Å². The highest BCUT2D eigenvalue weighted by Crippen LogP contribution is 2.22. The Labute approximate surface area is 62.1 Å². The van der Waals surface area contributed by atoms with Gasteiger partial charge in [0, 0.05) is 0 Å². The van der Waals surface area contributed by atoms with Crippen molar-refractivity contribution in [2.45, 2.75) is 0 Å². The van der Waals surface area contributed by atoms with Crippen LogP contribution in [-0.4, -0.2) is 0 Å². The van der Waals surface area contributed by atoms with Gasteiger partial charge in [0.25, 0.3) is 0 Å². The lowest BCUT2D eigenvalue weighted by Gasteiger charge is -1.97. The van der Waals surface area contributed by atoms with Crippen molar-refractivity contribution < 1.29 is 8.78 Å². The normalized spacial score (nSPS) is 9.18. The van der Waals surface area contributed by atoms with E-state index in [-0.39, 0.29) is 5.69 Å². The summed E-state index contributed by atoms with van der Waals surface area (Å²) in [7, 11) is 0. The summed E-state index contributed by atoms with van der Waals surface area (Å²) in [5, 5.41) is 0. The molecule has 0 unspecified atom stereocenters. The molecule has 0 bridgehead atoms. The van der Waals surface area contributed by atoms with Gasteiger partial charge in [-0.15, -0.1) is 0 Å². The largest absolute Gasteiger partial charge is 0.394 e. The number of nitrogen functional groups attached to an aromatic ring is 1. The molecule has 1 aromatic rings. The zero-order chi connectivity index (χ0) is 8.43. The van der Waals surface area contributed by atoms with E-state index < -0.39 is 17.3 Å². The van der Waals surface area contributed by atoms with E-state index >= 15 is 0 Å². The minimum atomic E-state index is -0.893. The third-order valence-electron chi connectivity index (χ3n) is 1.19. The highest BCUT2D eigenvalue weighted by atomic mass is 19.1. The molecule has 1 aromatic carbocycles. The number of halogens is 2. The average molecular weight is 154 g/mol. The van der Waals surface area contributed by atoms with Gasteiger partial charge >= 0.3 is 0 Å². The van der Waals surface area contributed by atoms with Crippen LogP contribution in [0.25, 0.3) is 4.85 Å². The van der Waals surface area contributed by atoms with Gasteiger partial charge in [-0.1, -0.05) is 0 Å². The number of hydrogen-bond donors (Lipinski definition) is 1. The molecular weight excluding hydrogens is 150 g/mol. The maximum Gasteiger partial charge on any atom is 0.193 e. The number of rotatable bonds is 0. The van der Waals surface area contributed by atoms with Gasteiger partial charge in [-0.05, 0) is 12.1 Å². The Bertz CT molecular complexity index is 305. The average Bonchev–Trinajstić information content (AvgIpc) is 1.99.